The number of halogens is 3. The van der Waals surface area contributed by atoms with E-state index in [1.807, 2.05) is 6.92 Å². The van der Waals surface area contributed by atoms with Gasteiger partial charge in [0.25, 0.3) is 15.9 Å². The van der Waals surface area contributed by atoms with E-state index < -0.39 is 28.7 Å². The van der Waals surface area contributed by atoms with Crippen molar-refractivity contribution in [2.75, 3.05) is 31.6 Å². The van der Waals surface area contributed by atoms with Crippen LogP contribution in [0.15, 0.2) is 47.4 Å². The number of para-hydroxylation sites is 2. The van der Waals surface area contributed by atoms with Gasteiger partial charge in [0.1, 0.15) is 12.3 Å². The first kappa shape index (κ1) is 25.5. The normalized spacial score (nSPS) is 11.8. The number of benzene rings is 2. The minimum absolute atomic E-state index is 0.0770. The SMILES string of the molecule is CCCCN(CC(F)(F)F)C(=O)c1cc(S(=O)(=O)N(C)c2ccccc2OC)ccc1C. The molecule has 32 heavy (non-hydrogen) atoms. The van der Waals surface area contributed by atoms with Crippen LogP contribution in [0, 0.1) is 6.92 Å². The van der Waals surface area contributed by atoms with E-state index >= 15 is 0 Å². The second kappa shape index (κ2) is 10.2. The van der Waals surface area contributed by atoms with Crippen LogP contribution in [0.1, 0.15) is 35.7 Å². The number of ether oxygens (including phenoxy) is 1. The molecular formula is C22H27F3N2O4S. The van der Waals surface area contributed by atoms with E-state index in [0.717, 1.165) is 10.4 Å². The highest BCUT2D eigenvalue weighted by molar-refractivity contribution is 7.92. The molecule has 0 aromatic heterocycles. The lowest BCUT2D eigenvalue weighted by molar-refractivity contribution is -0.140. The second-order valence-corrected chi connectivity index (χ2v) is 9.29. The summed E-state index contributed by atoms with van der Waals surface area (Å²) in [5.41, 5.74) is 0.586. The number of alkyl halides is 3. The van der Waals surface area contributed by atoms with Crippen molar-refractivity contribution < 1.29 is 31.1 Å². The van der Waals surface area contributed by atoms with Crippen molar-refractivity contribution in [3.63, 3.8) is 0 Å². The maximum Gasteiger partial charge on any atom is 0.406 e. The third kappa shape index (κ3) is 5.93. The van der Waals surface area contributed by atoms with E-state index in [-0.39, 0.29) is 22.7 Å². The molecule has 0 radical (unpaired) electrons. The molecule has 0 fully saturated rings. The van der Waals surface area contributed by atoms with Gasteiger partial charge in [-0.25, -0.2) is 8.42 Å². The van der Waals surface area contributed by atoms with Crippen molar-refractivity contribution in [2.45, 2.75) is 37.8 Å². The van der Waals surface area contributed by atoms with Crippen LogP contribution >= 0.6 is 0 Å². The summed E-state index contributed by atoms with van der Waals surface area (Å²) in [6, 6.07) is 10.4. The van der Waals surface area contributed by atoms with Crippen LogP contribution in [-0.4, -0.2) is 52.6 Å². The van der Waals surface area contributed by atoms with Crippen LogP contribution < -0.4 is 9.04 Å². The smallest absolute Gasteiger partial charge is 0.406 e. The number of hydrogen-bond acceptors (Lipinski definition) is 4. The van der Waals surface area contributed by atoms with Crippen molar-refractivity contribution in [1.82, 2.24) is 4.90 Å². The molecule has 6 nitrogen and oxygen atoms in total. The molecule has 0 aliphatic heterocycles. The first-order chi connectivity index (χ1) is 14.9. The van der Waals surface area contributed by atoms with Crippen molar-refractivity contribution in [2.24, 2.45) is 0 Å². The molecule has 176 valence electrons. The molecule has 0 aliphatic rings. The summed E-state index contributed by atoms with van der Waals surface area (Å²) >= 11 is 0. The molecule has 0 spiro atoms. The van der Waals surface area contributed by atoms with Crippen LogP contribution in [0.5, 0.6) is 5.75 Å². The fraction of sp³-hybridized carbons (Fsp3) is 0.409. The number of amides is 1. The lowest BCUT2D eigenvalue weighted by atomic mass is 10.1. The zero-order valence-corrected chi connectivity index (χ0v) is 19.3. The summed E-state index contributed by atoms with van der Waals surface area (Å²) in [6.07, 6.45) is -3.56. The topological polar surface area (TPSA) is 66.9 Å². The molecule has 1 amide bonds. The molecule has 0 heterocycles. The molecule has 2 aromatic rings. The summed E-state index contributed by atoms with van der Waals surface area (Å²) in [5.74, 6) is -0.525. The van der Waals surface area contributed by atoms with Gasteiger partial charge >= 0.3 is 6.18 Å². The Morgan fingerprint density at radius 3 is 2.38 bits per heavy atom. The largest absolute Gasteiger partial charge is 0.495 e. The molecule has 0 unspecified atom stereocenters. The van der Waals surface area contributed by atoms with Gasteiger partial charge in [-0.05, 0) is 43.2 Å². The molecule has 0 N–H and O–H groups in total. The first-order valence-corrected chi connectivity index (χ1v) is 11.4. The number of carbonyl (C=O) groups is 1. The van der Waals surface area contributed by atoms with Crippen molar-refractivity contribution in [1.29, 1.82) is 0 Å². The summed E-state index contributed by atoms with van der Waals surface area (Å²) in [4.78, 5) is 13.5. The third-order valence-electron chi connectivity index (χ3n) is 4.96. The van der Waals surface area contributed by atoms with Gasteiger partial charge in [0.15, 0.2) is 0 Å². The zero-order chi connectivity index (χ0) is 24.1. The summed E-state index contributed by atoms with van der Waals surface area (Å²) in [7, 11) is -1.37. The quantitative estimate of drug-likeness (QED) is 0.534. The van der Waals surface area contributed by atoms with E-state index in [4.69, 9.17) is 4.74 Å². The molecule has 10 heteroatoms. The van der Waals surface area contributed by atoms with Crippen LogP contribution in [0.25, 0.3) is 0 Å². The Morgan fingerprint density at radius 1 is 1.12 bits per heavy atom. The highest BCUT2D eigenvalue weighted by Gasteiger charge is 2.34. The standard InChI is InChI=1S/C22H27F3N2O4S/c1-5-6-13-27(15-22(23,24)25)21(28)18-14-17(12-11-16(18)2)32(29,30)26(3)19-9-7-8-10-20(19)31-4/h7-12,14H,5-6,13,15H2,1-4H3. The van der Waals surface area contributed by atoms with Crippen molar-refractivity contribution in [3.05, 3.63) is 53.6 Å². The van der Waals surface area contributed by atoms with Crippen LogP contribution in [0.2, 0.25) is 0 Å². The van der Waals surface area contributed by atoms with Gasteiger partial charge in [-0.1, -0.05) is 31.5 Å². The fourth-order valence-electron chi connectivity index (χ4n) is 3.16. The van der Waals surface area contributed by atoms with Gasteiger partial charge in [-0.3, -0.25) is 9.10 Å². The lowest BCUT2D eigenvalue weighted by Gasteiger charge is -2.25. The highest BCUT2D eigenvalue weighted by Crippen LogP contribution is 2.31. The Balaban J connectivity index is 2.47. The van der Waals surface area contributed by atoms with E-state index in [1.54, 1.807) is 31.2 Å². The summed E-state index contributed by atoms with van der Waals surface area (Å²) in [5, 5.41) is 0. The number of sulfonamides is 1. The number of unbranched alkanes of at least 4 members (excludes halogenated alkanes) is 1. The predicted molar refractivity (Wildman–Crippen MR) is 117 cm³/mol. The predicted octanol–water partition coefficient (Wildman–Crippen LogP) is 4.63. The number of hydrogen-bond donors (Lipinski definition) is 0. The third-order valence-corrected chi connectivity index (χ3v) is 6.73. The fourth-order valence-corrected chi connectivity index (χ4v) is 4.39. The Kier molecular flexibility index (Phi) is 8.17. The van der Waals surface area contributed by atoms with E-state index in [0.29, 0.717) is 29.1 Å². The number of rotatable bonds is 9. The Bertz CT molecular complexity index is 1060. The minimum atomic E-state index is -4.56. The first-order valence-electron chi connectivity index (χ1n) is 10.0. The maximum absolute atomic E-state index is 13.2. The average Bonchev–Trinajstić information content (AvgIpc) is 2.74. The van der Waals surface area contributed by atoms with Gasteiger partial charge in [0.2, 0.25) is 0 Å². The summed E-state index contributed by atoms with van der Waals surface area (Å²) in [6.45, 7) is 1.89. The number of carbonyl (C=O) groups excluding carboxylic acids is 1. The van der Waals surface area contributed by atoms with Crippen molar-refractivity contribution in [3.8, 4) is 5.75 Å². The molecule has 0 saturated heterocycles. The van der Waals surface area contributed by atoms with E-state index in [1.165, 1.54) is 26.3 Å². The Labute approximate surface area is 186 Å². The zero-order valence-electron chi connectivity index (χ0n) is 18.4. The van der Waals surface area contributed by atoms with E-state index in [2.05, 4.69) is 0 Å². The second-order valence-electron chi connectivity index (χ2n) is 7.32. The summed E-state index contributed by atoms with van der Waals surface area (Å²) < 4.78 is 71.8. The lowest BCUT2D eigenvalue weighted by Crippen LogP contribution is -2.40. The van der Waals surface area contributed by atoms with Crippen molar-refractivity contribution >= 4 is 21.6 Å². The molecule has 0 atom stereocenters. The van der Waals surface area contributed by atoms with Gasteiger partial charge < -0.3 is 9.64 Å². The van der Waals surface area contributed by atoms with Gasteiger partial charge in [0, 0.05) is 19.2 Å². The Morgan fingerprint density at radius 2 is 1.78 bits per heavy atom. The molecule has 0 saturated carbocycles. The number of anilines is 1. The number of aryl methyl sites for hydroxylation is 1. The molecule has 2 aromatic carbocycles. The number of nitrogens with zero attached hydrogens (tertiary/aromatic N) is 2. The molecule has 0 bridgehead atoms. The van der Waals surface area contributed by atoms with Gasteiger partial charge in [0.05, 0.1) is 17.7 Å². The molecule has 2 rings (SSSR count). The highest BCUT2D eigenvalue weighted by atomic mass is 32.2. The Hall–Kier alpha value is -2.75. The van der Waals surface area contributed by atoms with Gasteiger partial charge in [-0.15, -0.1) is 0 Å². The number of methoxy groups -OCH3 is 1. The average molecular weight is 473 g/mol. The molecule has 0 aliphatic carbocycles. The molecular weight excluding hydrogens is 445 g/mol. The van der Waals surface area contributed by atoms with Crippen LogP contribution in [0.3, 0.4) is 0 Å². The van der Waals surface area contributed by atoms with Crippen LogP contribution in [0.4, 0.5) is 18.9 Å². The minimum Gasteiger partial charge on any atom is -0.495 e. The monoisotopic (exact) mass is 472 g/mol. The van der Waals surface area contributed by atoms with Crippen LogP contribution in [-0.2, 0) is 10.0 Å². The maximum atomic E-state index is 13.2. The van der Waals surface area contributed by atoms with E-state index in [9.17, 15) is 26.4 Å². The van der Waals surface area contributed by atoms with Gasteiger partial charge in [-0.2, -0.15) is 13.2 Å².